The molecule has 0 saturated heterocycles. The first-order valence-electron chi connectivity index (χ1n) is 8.20. The number of hydrogen-bond acceptors (Lipinski definition) is 5. The summed E-state index contributed by atoms with van der Waals surface area (Å²) in [7, 11) is 0. The third-order valence-electron chi connectivity index (χ3n) is 4.36. The molecule has 29 heavy (non-hydrogen) atoms. The number of benzene rings is 2. The number of hydrogen-bond donors (Lipinski definition) is 1. The van der Waals surface area contributed by atoms with E-state index in [1.165, 1.54) is 24.3 Å². The van der Waals surface area contributed by atoms with Crippen molar-refractivity contribution in [3.05, 3.63) is 74.2 Å². The van der Waals surface area contributed by atoms with Gasteiger partial charge in [-0.2, -0.15) is 23.3 Å². The van der Waals surface area contributed by atoms with Gasteiger partial charge in [0.1, 0.15) is 0 Å². The van der Waals surface area contributed by atoms with Gasteiger partial charge in [-0.25, -0.2) is 0 Å². The van der Waals surface area contributed by atoms with Crippen molar-refractivity contribution < 1.29 is 28.0 Å². The van der Waals surface area contributed by atoms with Crippen LogP contribution in [0.5, 0.6) is 0 Å². The lowest BCUT2D eigenvalue weighted by Gasteiger charge is -2.32. The van der Waals surface area contributed by atoms with Crippen molar-refractivity contribution in [2.75, 3.05) is 0 Å². The Morgan fingerprint density at radius 1 is 1.21 bits per heavy atom. The van der Waals surface area contributed by atoms with E-state index in [4.69, 9.17) is 0 Å². The van der Waals surface area contributed by atoms with Crippen LogP contribution in [0.25, 0.3) is 0 Å². The fraction of sp³-hybridized carbons (Fsp3) is 0.222. The SMILES string of the molecule is O=C(Cc1ccc([N+](=O)[O-])cc1)N1N=C(c2ccc(Br)cc2)C[C@]1(O)C(F)(F)F. The molecule has 0 bridgehead atoms. The van der Waals surface area contributed by atoms with Crippen molar-refractivity contribution >= 4 is 33.2 Å². The summed E-state index contributed by atoms with van der Waals surface area (Å²) < 4.78 is 41.5. The van der Waals surface area contributed by atoms with Crippen LogP contribution in [-0.2, 0) is 11.2 Å². The van der Waals surface area contributed by atoms with Gasteiger partial charge in [0.15, 0.2) is 0 Å². The molecule has 1 amide bonds. The smallest absolute Gasteiger partial charge is 0.362 e. The van der Waals surface area contributed by atoms with Crippen LogP contribution in [0.2, 0.25) is 0 Å². The van der Waals surface area contributed by atoms with Gasteiger partial charge < -0.3 is 5.11 Å². The lowest BCUT2D eigenvalue weighted by Crippen LogP contribution is -2.57. The van der Waals surface area contributed by atoms with Gasteiger partial charge in [-0.1, -0.05) is 40.2 Å². The van der Waals surface area contributed by atoms with E-state index in [9.17, 15) is 33.2 Å². The molecular weight excluding hydrogens is 459 g/mol. The predicted molar refractivity (Wildman–Crippen MR) is 99.9 cm³/mol. The van der Waals surface area contributed by atoms with E-state index in [0.717, 1.165) is 12.1 Å². The third-order valence-corrected chi connectivity index (χ3v) is 4.88. The highest BCUT2D eigenvalue weighted by atomic mass is 79.9. The Hall–Kier alpha value is -2.79. The molecule has 1 aliphatic rings. The molecule has 0 unspecified atom stereocenters. The van der Waals surface area contributed by atoms with Crippen LogP contribution in [0.3, 0.4) is 0 Å². The second-order valence-corrected chi connectivity index (χ2v) is 7.27. The number of nitro benzene ring substituents is 1. The highest BCUT2D eigenvalue weighted by Gasteiger charge is 2.63. The van der Waals surface area contributed by atoms with Crippen molar-refractivity contribution in [1.29, 1.82) is 0 Å². The summed E-state index contributed by atoms with van der Waals surface area (Å²) in [5.41, 5.74) is -3.20. The second-order valence-electron chi connectivity index (χ2n) is 6.35. The number of hydrazone groups is 1. The number of non-ortho nitro benzene ring substituents is 1. The van der Waals surface area contributed by atoms with Gasteiger partial charge >= 0.3 is 6.18 Å². The van der Waals surface area contributed by atoms with E-state index >= 15 is 0 Å². The van der Waals surface area contributed by atoms with Crippen molar-refractivity contribution in [2.24, 2.45) is 5.10 Å². The molecule has 0 aromatic heterocycles. The average Bonchev–Trinajstić information content (AvgIpc) is 3.02. The largest absolute Gasteiger partial charge is 0.438 e. The Morgan fingerprint density at radius 3 is 2.31 bits per heavy atom. The zero-order chi connectivity index (χ0) is 21.4. The van der Waals surface area contributed by atoms with Crippen molar-refractivity contribution in [2.45, 2.75) is 24.7 Å². The van der Waals surface area contributed by atoms with Crippen LogP contribution in [0.1, 0.15) is 17.5 Å². The number of alkyl halides is 3. The number of halogens is 4. The average molecular weight is 472 g/mol. The number of carbonyl (C=O) groups excluding carboxylic acids is 1. The molecule has 1 aliphatic heterocycles. The molecule has 0 fully saturated rings. The molecule has 7 nitrogen and oxygen atoms in total. The lowest BCUT2D eigenvalue weighted by molar-refractivity contribution is -0.384. The molecule has 1 atom stereocenters. The molecule has 11 heteroatoms. The number of carbonyl (C=O) groups is 1. The van der Waals surface area contributed by atoms with Crippen LogP contribution in [0, 0.1) is 10.1 Å². The maximum Gasteiger partial charge on any atom is 0.438 e. The minimum Gasteiger partial charge on any atom is -0.362 e. The fourth-order valence-electron chi connectivity index (χ4n) is 2.82. The maximum absolute atomic E-state index is 13.6. The summed E-state index contributed by atoms with van der Waals surface area (Å²) in [5, 5.41) is 24.8. The standard InChI is InChI=1S/C18H13BrF3N3O4/c19-13-5-3-12(4-6-13)15-10-17(27,18(20,21)22)24(23-15)16(26)9-11-1-7-14(8-2-11)25(28)29/h1-8,27H,9-10H2/t17-/m0/s1. The van der Waals surface area contributed by atoms with Crippen LogP contribution in [0.4, 0.5) is 18.9 Å². The third kappa shape index (κ3) is 4.15. The van der Waals surface area contributed by atoms with Crippen molar-refractivity contribution in [3.63, 3.8) is 0 Å². The lowest BCUT2D eigenvalue weighted by atomic mass is 10.0. The van der Waals surface area contributed by atoms with Gasteiger partial charge in [-0.05, 0) is 23.3 Å². The molecule has 2 aromatic carbocycles. The van der Waals surface area contributed by atoms with Gasteiger partial charge in [-0.3, -0.25) is 14.9 Å². The number of amides is 1. The van der Waals surface area contributed by atoms with E-state index in [2.05, 4.69) is 21.0 Å². The molecule has 1 N–H and O–H groups in total. The fourth-order valence-corrected chi connectivity index (χ4v) is 3.08. The van der Waals surface area contributed by atoms with Gasteiger partial charge in [0, 0.05) is 16.6 Å². The molecule has 2 aromatic rings. The number of aliphatic hydroxyl groups is 1. The summed E-state index contributed by atoms with van der Waals surface area (Å²) in [5.74, 6) is -1.09. The normalized spacial score (nSPS) is 19.2. The Labute approximate surface area is 170 Å². The first-order valence-corrected chi connectivity index (χ1v) is 8.99. The van der Waals surface area contributed by atoms with E-state index in [1.807, 2.05) is 0 Å². The summed E-state index contributed by atoms with van der Waals surface area (Å²) in [6.07, 6.45) is -6.57. The predicted octanol–water partition coefficient (Wildman–Crippen LogP) is 3.79. The van der Waals surface area contributed by atoms with Crippen molar-refractivity contribution in [3.8, 4) is 0 Å². The van der Waals surface area contributed by atoms with Gasteiger partial charge in [0.25, 0.3) is 11.4 Å². The second kappa shape index (κ2) is 7.56. The molecule has 0 radical (unpaired) electrons. The minimum atomic E-state index is -5.14. The van der Waals surface area contributed by atoms with E-state index < -0.39 is 35.6 Å². The first kappa shape index (κ1) is 20.9. The Morgan fingerprint density at radius 2 is 1.79 bits per heavy atom. The van der Waals surface area contributed by atoms with Gasteiger partial charge in [0.2, 0.25) is 5.91 Å². The quantitative estimate of drug-likeness (QED) is 0.541. The molecule has 3 rings (SSSR count). The van der Waals surface area contributed by atoms with E-state index in [0.29, 0.717) is 10.0 Å². The summed E-state index contributed by atoms with van der Waals surface area (Å²) in [6, 6.07) is 11.0. The van der Waals surface area contributed by atoms with E-state index in [-0.39, 0.29) is 22.0 Å². The van der Waals surface area contributed by atoms with Crippen LogP contribution in [-0.4, -0.2) is 38.6 Å². The van der Waals surface area contributed by atoms with Crippen LogP contribution < -0.4 is 0 Å². The summed E-state index contributed by atoms with van der Waals surface area (Å²) in [4.78, 5) is 22.6. The van der Waals surface area contributed by atoms with Crippen LogP contribution in [0.15, 0.2) is 58.1 Å². The zero-order valence-electron chi connectivity index (χ0n) is 14.6. The zero-order valence-corrected chi connectivity index (χ0v) is 16.1. The molecular formula is C18H13BrF3N3O4. The summed E-state index contributed by atoms with van der Waals surface area (Å²) in [6.45, 7) is 0. The molecule has 0 spiro atoms. The van der Waals surface area contributed by atoms with E-state index in [1.54, 1.807) is 12.1 Å². The Kier molecular flexibility index (Phi) is 5.46. The molecule has 1 heterocycles. The number of rotatable bonds is 4. The van der Waals surface area contributed by atoms with Crippen molar-refractivity contribution in [1.82, 2.24) is 5.01 Å². The molecule has 152 valence electrons. The highest BCUT2D eigenvalue weighted by Crippen LogP contribution is 2.41. The Balaban J connectivity index is 1.90. The molecule has 0 saturated carbocycles. The van der Waals surface area contributed by atoms with Crippen LogP contribution >= 0.6 is 15.9 Å². The monoisotopic (exact) mass is 471 g/mol. The topological polar surface area (TPSA) is 96.0 Å². The van der Waals surface area contributed by atoms with Gasteiger partial charge in [0.05, 0.1) is 23.5 Å². The Bertz CT molecular complexity index is 977. The maximum atomic E-state index is 13.6. The summed E-state index contributed by atoms with van der Waals surface area (Å²) >= 11 is 3.22. The minimum absolute atomic E-state index is 0.0474. The number of nitro groups is 1. The molecule has 0 aliphatic carbocycles. The van der Waals surface area contributed by atoms with Gasteiger partial charge in [-0.15, -0.1) is 0 Å². The number of nitrogens with zero attached hydrogens (tertiary/aromatic N) is 3. The first-order chi connectivity index (χ1) is 13.5. The highest BCUT2D eigenvalue weighted by molar-refractivity contribution is 9.10.